The molecule has 8 heteroatoms. The third-order valence-corrected chi connectivity index (χ3v) is 5.21. The summed E-state index contributed by atoms with van der Waals surface area (Å²) in [7, 11) is 0. The van der Waals surface area contributed by atoms with E-state index in [-0.39, 0.29) is 5.82 Å². The number of hydrogen-bond donors (Lipinski definition) is 2. The molecule has 5 aromatic heterocycles. The van der Waals surface area contributed by atoms with Crippen molar-refractivity contribution in [3.8, 4) is 33.9 Å². The molecule has 148 valence electrons. The average Bonchev–Trinajstić information content (AvgIpc) is 3.43. The van der Waals surface area contributed by atoms with E-state index in [1.54, 1.807) is 49.2 Å². The maximum Gasteiger partial charge on any atom is 0.155 e. The Bertz CT molecular complexity index is 1550. The number of benzene rings is 1. The highest BCUT2D eigenvalue weighted by molar-refractivity contribution is 5.99. The van der Waals surface area contributed by atoms with Gasteiger partial charge in [0.15, 0.2) is 5.65 Å². The third kappa shape index (κ3) is 2.84. The van der Waals surface area contributed by atoms with E-state index in [9.17, 15) is 4.39 Å². The molecule has 0 aliphatic rings. The van der Waals surface area contributed by atoms with Crippen molar-refractivity contribution in [3.05, 3.63) is 79.3 Å². The van der Waals surface area contributed by atoms with Crippen LogP contribution in [0, 0.1) is 5.82 Å². The third-order valence-electron chi connectivity index (χ3n) is 5.21. The maximum absolute atomic E-state index is 14.4. The van der Waals surface area contributed by atoms with Gasteiger partial charge in [-0.2, -0.15) is 5.10 Å². The Morgan fingerprint density at radius 3 is 2.61 bits per heavy atom. The summed E-state index contributed by atoms with van der Waals surface area (Å²) in [5.41, 5.74) is 5.60. The standard InChI is InChI=1S/C23H14FN7/c24-17-4-2-1-3-14(17)21-15-10-19(29-18(15)5-6-27-21)22-16-9-13(11-28-23(16)31-30-22)20-12-25-7-8-26-20/h1-12,29H,(H,28,30,31). The second kappa shape index (κ2) is 6.81. The SMILES string of the molecule is Fc1ccccc1-c1nccc2[nH]c(-c3n[nH]c4ncc(-c5cnccn5)cc34)cc12. The van der Waals surface area contributed by atoms with Gasteiger partial charge in [0.05, 0.1) is 23.3 Å². The number of pyridine rings is 2. The number of halogens is 1. The summed E-state index contributed by atoms with van der Waals surface area (Å²) < 4.78 is 14.4. The van der Waals surface area contributed by atoms with Crippen molar-refractivity contribution in [2.75, 3.05) is 0 Å². The lowest BCUT2D eigenvalue weighted by Gasteiger charge is -2.03. The smallest absolute Gasteiger partial charge is 0.155 e. The minimum absolute atomic E-state index is 0.312. The molecule has 7 nitrogen and oxygen atoms in total. The molecule has 0 aliphatic carbocycles. The molecule has 0 saturated heterocycles. The first-order valence-corrected chi connectivity index (χ1v) is 9.61. The van der Waals surface area contributed by atoms with Gasteiger partial charge in [-0.05, 0) is 30.3 Å². The summed E-state index contributed by atoms with van der Waals surface area (Å²) >= 11 is 0. The van der Waals surface area contributed by atoms with Crippen molar-refractivity contribution in [2.24, 2.45) is 0 Å². The van der Waals surface area contributed by atoms with Crippen molar-refractivity contribution in [3.63, 3.8) is 0 Å². The minimum atomic E-state index is -0.312. The minimum Gasteiger partial charge on any atom is -0.353 e. The molecule has 0 spiro atoms. The highest BCUT2D eigenvalue weighted by Crippen LogP contribution is 2.34. The second-order valence-corrected chi connectivity index (χ2v) is 7.07. The van der Waals surface area contributed by atoms with Crippen LogP contribution in [-0.2, 0) is 0 Å². The van der Waals surface area contributed by atoms with Gasteiger partial charge in [0.1, 0.15) is 11.5 Å². The molecule has 0 saturated carbocycles. The molecular weight excluding hydrogens is 393 g/mol. The summed E-state index contributed by atoms with van der Waals surface area (Å²) in [6, 6.07) is 12.4. The van der Waals surface area contributed by atoms with Crippen LogP contribution in [0.5, 0.6) is 0 Å². The molecule has 0 aliphatic heterocycles. The summed E-state index contributed by atoms with van der Waals surface area (Å²) in [6.45, 7) is 0. The average molecular weight is 407 g/mol. The zero-order valence-corrected chi connectivity index (χ0v) is 16.0. The van der Waals surface area contributed by atoms with Crippen molar-refractivity contribution in [1.82, 2.24) is 35.1 Å². The van der Waals surface area contributed by atoms with Crippen LogP contribution >= 0.6 is 0 Å². The van der Waals surface area contributed by atoms with E-state index in [0.717, 1.165) is 33.2 Å². The van der Waals surface area contributed by atoms with Crippen LogP contribution < -0.4 is 0 Å². The van der Waals surface area contributed by atoms with Crippen LogP contribution in [0.2, 0.25) is 0 Å². The fourth-order valence-corrected chi connectivity index (χ4v) is 3.75. The van der Waals surface area contributed by atoms with Gasteiger partial charge in [0, 0.05) is 52.2 Å². The van der Waals surface area contributed by atoms with E-state index < -0.39 is 0 Å². The molecule has 0 unspecified atom stereocenters. The first kappa shape index (κ1) is 17.4. The van der Waals surface area contributed by atoms with Crippen molar-refractivity contribution < 1.29 is 4.39 Å². The zero-order valence-electron chi connectivity index (χ0n) is 16.0. The maximum atomic E-state index is 14.4. The Morgan fingerprint density at radius 2 is 1.74 bits per heavy atom. The number of H-pyrrole nitrogens is 2. The summed E-state index contributed by atoms with van der Waals surface area (Å²) in [5.74, 6) is -0.312. The number of rotatable bonds is 3. The molecular formula is C23H14FN7. The van der Waals surface area contributed by atoms with E-state index in [2.05, 4.69) is 35.1 Å². The number of hydrogen-bond acceptors (Lipinski definition) is 5. The Labute approximate surface area is 175 Å². The molecule has 0 radical (unpaired) electrons. The Morgan fingerprint density at radius 1 is 0.806 bits per heavy atom. The van der Waals surface area contributed by atoms with E-state index in [1.807, 2.05) is 18.2 Å². The van der Waals surface area contributed by atoms with E-state index >= 15 is 0 Å². The predicted octanol–water partition coefficient (Wildman–Crippen LogP) is 4.76. The quantitative estimate of drug-likeness (QED) is 0.441. The Balaban J connectivity index is 1.53. The number of aromatic nitrogens is 7. The summed E-state index contributed by atoms with van der Waals surface area (Å²) in [6.07, 6.45) is 8.37. The van der Waals surface area contributed by atoms with Crippen LogP contribution in [0.4, 0.5) is 4.39 Å². The van der Waals surface area contributed by atoms with Crippen LogP contribution in [0.1, 0.15) is 0 Å². The monoisotopic (exact) mass is 407 g/mol. The lowest BCUT2D eigenvalue weighted by Crippen LogP contribution is -1.87. The van der Waals surface area contributed by atoms with Gasteiger partial charge in [0.25, 0.3) is 0 Å². The van der Waals surface area contributed by atoms with E-state index in [0.29, 0.717) is 22.6 Å². The van der Waals surface area contributed by atoms with Gasteiger partial charge in [-0.25, -0.2) is 9.37 Å². The first-order chi connectivity index (χ1) is 15.3. The Kier molecular flexibility index (Phi) is 3.82. The van der Waals surface area contributed by atoms with Crippen molar-refractivity contribution in [1.29, 1.82) is 0 Å². The van der Waals surface area contributed by atoms with Gasteiger partial charge in [0.2, 0.25) is 0 Å². The van der Waals surface area contributed by atoms with Crippen LogP contribution in [0.25, 0.3) is 55.8 Å². The van der Waals surface area contributed by atoms with E-state index in [1.165, 1.54) is 6.07 Å². The zero-order chi connectivity index (χ0) is 20.8. The topological polar surface area (TPSA) is 96.0 Å². The van der Waals surface area contributed by atoms with Crippen LogP contribution in [0.3, 0.4) is 0 Å². The summed E-state index contributed by atoms with van der Waals surface area (Å²) in [4.78, 5) is 20.8. The number of nitrogens with one attached hydrogen (secondary N) is 2. The molecule has 0 fully saturated rings. The molecule has 2 N–H and O–H groups in total. The molecule has 5 heterocycles. The molecule has 1 aromatic carbocycles. The van der Waals surface area contributed by atoms with Gasteiger partial charge in [-0.15, -0.1) is 0 Å². The highest BCUT2D eigenvalue weighted by atomic mass is 19.1. The largest absolute Gasteiger partial charge is 0.353 e. The highest BCUT2D eigenvalue weighted by Gasteiger charge is 2.16. The lowest BCUT2D eigenvalue weighted by atomic mass is 10.1. The van der Waals surface area contributed by atoms with Crippen LogP contribution in [-0.4, -0.2) is 35.1 Å². The normalized spacial score (nSPS) is 11.4. The Hall–Kier alpha value is -4.46. The van der Waals surface area contributed by atoms with Gasteiger partial charge < -0.3 is 4.98 Å². The fraction of sp³-hybridized carbons (Fsp3) is 0. The predicted molar refractivity (Wildman–Crippen MR) is 115 cm³/mol. The summed E-state index contributed by atoms with van der Waals surface area (Å²) in [5, 5.41) is 9.10. The van der Waals surface area contributed by atoms with Crippen LogP contribution in [0.15, 0.2) is 73.4 Å². The fourth-order valence-electron chi connectivity index (χ4n) is 3.75. The molecule has 31 heavy (non-hydrogen) atoms. The molecule has 0 bridgehead atoms. The van der Waals surface area contributed by atoms with Gasteiger partial charge in [-0.3, -0.25) is 20.1 Å². The molecule has 0 amide bonds. The first-order valence-electron chi connectivity index (χ1n) is 9.61. The van der Waals surface area contributed by atoms with Gasteiger partial charge in [-0.1, -0.05) is 12.1 Å². The van der Waals surface area contributed by atoms with Crippen molar-refractivity contribution in [2.45, 2.75) is 0 Å². The molecule has 6 aromatic rings. The van der Waals surface area contributed by atoms with Crippen molar-refractivity contribution >= 4 is 21.9 Å². The lowest BCUT2D eigenvalue weighted by molar-refractivity contribution is 0.631. The van der Waals surface area contributed by atoms with E-state index in [4.69, 9.17) is 0 Å². The molecule has 0 atom stereocenters. The second-order valence-electron chi connectivity index (χ2n) is 7.07. The molecule has 6 rings (SSSR count). The van der Waals surface area contributed by atoms with Gasteiger partial charge >= 0.3 is 0 Å². The number of aromatic amines is 2. The number of fused-ring (bicyclic) bond motifs is 2. The number of nitrogens with zero attached hydrogens (tertiary/aromatic N) is 5.